The third kappa shape index (κ3) is 3.68. The van der Waals surface area contributed by atoms with E-state index in [-0.39, 0.29) is 17.5 Å². The van der Waals surface area contributed by atoms with E-state index < -0.39 is 17.7 Å². The third-order valence-electron chi connectivity index (χ3n) is 5.44. The lowest BCUT2D eigenvalue weighted by Gasteiger charge is -2.29. The van der Waals surface area contributed by atoms with Crippen LogP contribution in [0.4, 0.5) is 5.69 Å². The van der Waals surface area contributed by atoms with Gasteiger partial charge in [0.25, 0.3) is 5.91 Å². The highest BCUT2D eigenvalue weighted by Gasteiger charge is 2.45. The molecular formula is C22H24N2O4S. The molecule has 1 N–H and O–H groups in total. The number of carbonyl (C=O) groups is 2. The van der Waals surface area contributed by atoms with Gasteiger partial charge in [-0.25, -0.2) is 0 Å². The summed E-state index contributed by atoms with van der Waals surface area (Å²) in [5.41, 5.74) is 1.96. The summed E-state index contributed by atoms with van der Waals surface area (Å²) in [7, 11) is 3.91. The monoisotopic (exact) mass is 412 g/mol. The minimum Gasteiger partial charge on any atom is -0.503 e. The average Bonchev–Trinajstić information content (AvgIpc) is 3.46. The van der Waals surface area contributed by atoms with Crippen molar-refractivity contribution < 1.29 is 19.4 Å². The van der Waals surface area contributed by atoms with Crippen molar-refractivity contribution in [3.63, 3.8) is 0 Å². The highest BCUT2D eigenvalue weighted by Crippen LogP contribution is 2.40. The van der Waals surface area contributed by atoms with E-state index in [9.17, 15) is 14.7 Å². The molecule has 7 heteroatoms. The third-order valence-corrected chi connectivity index (χ3v) is 6.31. The Morgan fingerprint density at radius 1 is 1.28 bits per heavy atom. The van der Waals surface area contributed by atoms with E-state index in [1.807, 2.05) is 48.6 Å². The molecule has 2 aliphatic rings. The number of Topliss-reactive ketones (excluding diaryl/α,β-unsaturated/α-hetero) is 1. The summed E-state index contributed by atoms with van der Waals surface area (Å²) in [5, 5.41) is 12.5. The number of aliphatic hydroxyl groups excluding tert-OH is 1. The van der Waals surface area contributed by atoms with Crippen LogP contribution in [0.3, 0.4) is 0 Å². The number of benzene rings is 1. The Balaban J connectivity index is 1.74. The van der Waals surface area contributed by atoms with E-state index >= 15 is 0 Å². The van der Waals surface area contributed by atoms with Crippen molar-refractivity contribution in [2.24, 2.45) is 0 Å². The molecule has 0 aliphatic carbocycles. The molecule has 2 aliphatic heterocycles. The number of aliphatic hydroxyl groups is 1. The molecule has 0 bridgehead atoms. The van der Waals surface area contributed by atoms with Gasteiger partial charge in [-0.15, -0.1) is 11.3 Å². The number of thiophene rings is 1. The van der Waals surface area contributed by atoms with Crippen LogP contribution >= 0.6 is 11.3 Å². The van der Waals surface area contributed by atoms with Crippen LogP contribution < -0.4 is 4.90 Å². The summed E-state index contributed by atoms with van der Waals surface area (Å²) in [4.78, 5) is 30.2. The van der Waals surface area contributed by atoms with Crippen LogP contribution in [-0.2, 0) is 9.53 Å². The van der Waals surface area contributed by atoms with Crippen LogP contribution in [0.15, 0.2) is 53.1 Å². The maximum Gasteiger partial charge on any atom is 0.290 e. The number of amides is 1. The Hall–Kier alpha value is -2.64. The Bertz CT molecular complexity index is 928. The van der Waals surface area contributed by atoms with Gasteiger partial charge in [0.1, 0.15) is 0 Å². The summed E-state index contributed by atoms with van der Waals surface area (Å²) in [6.07, 6.45) is 1.74. The number of rotatable bonds is 6. The van der Waals surface area contributed by atoms with Gasteiger partial charge >= 0.3 is 0 Å². The molecule has 6 nitrogen and oxygen atoms in total. The minimum atomic E-state index is -0.627. The molecule has 29 heavy (non-hydrogen) atoms. The molecule has 2 aromatic rings. The lowest BCUT2D eigenvalue weighted by Crippen LogP contribution is -2.37. The maximum absolute atomic E-state index is 13.2. The lowest BCUT2D eigenvalue weighted by atomic mass is 9.95. The van der Waals surface area contributed by atoms with E-state index in [0.717, 1.165) is 24.1 Å². The van der Waals surface area contributed by atoms with Crippen LogP contribution in [0.25, 0.3) is 0 Å². The number of carbonyl (C=O) groups excluding carboxylic acids is 2. The average molecular weight is 413 g/mol. The Labute approximate surface area is 174 Å². The Morgan fingerprint density at radius 3 is 2.62 bits per heavy atom. The molecular weight excluding hydrogens is 388 g/mol. The Morgan fingerprint density at radius 2 is 2.03 bits per heavy atom. The van der Waals surface area contributed by atoms with Crippen LogP contribution in [0.5, 0.6) is 0 Å². The molecule has 4 rings (SSSR count). The number of hydrogen-bond acceptors (Lipinski definition) is 6. The molecule has 2 atom stereocenters. The zero-order valence-corrected chi connectivity index (χ0v) is 17.3. The van der Waals surface area contributed by atoms with Gasteiger partial charge in [0.15, 0.2) is 5.76 Å². The highest BCUT2D eigenvalue weighted by atomic mass is 32.1. The molecule has 152 valence electrons. The van der Waals surface area contributed by atoms with Gasteiger partial charge in [-0.05, 0) is 42.0 Å². The van der Waals surface area contributed by atoms with Gasteiger partial charge in [-0.3, -0.25) is 9.59 Å². The van der Waals surface area contributed by atoms with Crippen molar-refractivity contribution in [2.75, 3.05) is 32.1 Å². The van der Waals surface area contributed by atoms with Crippen molar-refractivity contribution in [3.05, 3.63) is 63.6 Å². The fraction of sp³-hybridized carbons (Fsp3) is 0.364. The van der Waals surface area contributed by atoms with Crippen LogP contribution in [0.2, 0.25) is 0 Å². The fourth-order valence-corrected chi connectivity index (χ4v) is 4.60. The topological polar surface area (TPSA) is 70.1 Å². The molecule has 0 radical (unpaired) electrons. The second kappa shape index (κ2) is 8.00. The minimum absolute atomic E-state index is 0.0773. The normalized spacial score (nSPS) is 21.9. The largest absolute Gasteiger partial charge is 0.503 e. The first-order valence-electron chi connectivity index (χ1n) is 9.68. The zero-order chi connectivity index (χ0) is 20.5. The molecule has 0 unspecified atom stereocenters. The van der Waals surface area contributed by atoms with Gasteiger partial charge in [0.2, 0.25) is 5.78 Å². The SMILES string of the molecule is CN(C)c1ccc([C@@H]2C(C(=O)c3cccs3)=C(O)C(=O)N2C[C@@H]2CCCO2)cc1. The second-order valence-electron chi connectivity index (χ2n) is 7.55. The van der Waals surface area contributed by atoms with E-state index in [0.29, 0.717) is 18.0 Å². The number of ketones is 1. The smallest absolute Gasteiger partial charge is 0.290 e. The van der Waals surface area contributed by atoms with Gasteiger partial charge < -0.3 is 19.6 Å². The first kappa shape index (κ1) is 19.7. The summed E-state index contributed by atoms with van der Waals surface area (Å²) < 4.78 is 5.72. The first-order chi connectivity index (χ1) is 14.0. The van der Waals surface area contributed by atoms with Gasteiger partial charge in [0.05, 0.1) is 22.6 Å². The molecule has 1 amide bonds. The molecule has 1 saturated heterocycles. The molecule has 1 fully saturated rings. The van der Waals surface area contributed by atoms with Crippen molar-refractivity contribution >= 4 is 28.7 Å². The molecule has 1 aromatic heterocycles. The van der Waals surface area contributed by atoms with Crippen LogP contribution in [-0.4, -0.2) is 55.0 Å². The predicted molar refractivity (Wildman–Crippen MR) is 113 cm³/mol. The van der Waals surface area contributed by atoms with Crippen molar-refractivity contribution in [2.45, 2.75) is 25.0 Å². The van der Waals surface area contributed by atoms with E-state index in [2.05, 4.69) is 0 Å². The maximum atomic E-state index is 13.2. The number of anilines is 1. The van der Waals surface area contributed by atoms with E-state index in [4.69, 9.17) is 4.74 Å². The van der Waals surface area contributed by atoms with E-state index in [1.54, 1.807) is 17.0 Å². The summed E-state index contributed by atoms with van der Waals surface area (Å²) >= 11 is 1.30. The quantitative estimate of drug-likeness (QED) is 0.735. The fourth-order valence-electron chi connectivity index (χ4n) is 3.92. The number of hydrogen-bond donors (Lipinski definition) is 1. The molecule has 0 spiro atoms. The summed E-state index contributed by atoms with van der Waals surface area (Å²) in [6.45, 7) is 1.03. The second-order valence-corrected chi connectivity index (χ2v) is 8.50. The molecule has 1 aromatic carbocycles. The van der Waals surface area contributed by atoms with Crippen molar-refractivity contribution in [3.8, 4) is 0 Å². The van der Waals surface area contributed by atoms with Gasteiger partial charge in [-0.2, -0.15) is 0 Å². The summed E-state index contributed by atoms with van der Waals surface area (Å²) in [5.74, 6) is -1.27. The number of nitrogens with zero attached hydrogens (tertiary/aromatic N) is 2. The van der Waals surface area contributed by atoms with Crippen molar-refractivity contribution in [1.29, 1.82) is 0 Å². The number of ether oxygens (including phenoxy) is 1. The van der Waals surface area contributed by atoms with E-state index in [1.165, 1.54) is 11.3 Å². The van der Waals surface area contributed by atoms with Crippen LogP contribution in [0, 0.1) is 0 Å². The lowest BCUT2D eigenvalue weighted by molar-refractivity contribution is -0.131. The first-order valence-corrected chi connectivity index (χ1v) is 10.6. The standard InChI is InChI=1S/C22H24N2O4S/c1-23(2)15-9-7-14(8-10-15)19-18(20(25)17-6-4-12-29-17)21(26)22(27)24(19)13-16-5-3-11-28-16/h4,6-10,12,16,19,26H,3,5,11,13H2,1-2H3/t16-,19+/m0/s1. The van der Waals surface area contributed by atoms with Gasteiger partial charge in [0, 0.05) is 32.9 Å². The molecule has 3 heterocycles. The zero-order valence-electron chi connectivity index (χ0n) is 16.5. The molecule has 0 saturated carbocycles. The highest BCUT2D eigenvalue weighted by molar-refractivity contribution is 7.12. The Kier molecular flexibility index (Phi) is 5.43. The predicted octanol–water partition coefficient (Wildman–Crippen LogP) is 3.57. The van der Waals surface area contributed by atoms with Crippen LogP contribution in [0.1, 0.15) is 34.1 Å². The van der Waals surface area contributed by atoms with Gasteiger partial charge in [-0.1, -0.05) is 18.2 Å². The summed E-state index contributed by atoms with van der Waals surface area (Å²) in [6, 6.07) is 10.6. The van der Waals surface area contributed by atoms with Crippen molar-refractivity contribution in [1.82, 2.24) is 4.90 Å².